The highest BCUT2D eigenvalue weighted by Gasteiger charge is 2.48. The fourth-order valence-electron chi connectivity index (χ4n) is 3.50. The van der Waals surface area contributed by atoms with Crippen LogP contribution in [0.15, 0.2) is 30.3 Å². The quantitative estimate of drug-likeness (QED) is 0.315. The lowest BCUT2D eigenvalue weighted by Gasteiger charge is -2.46. The first-order chi connectivity index (χ1) is 12.2. The molecule has 0 aliphatic carbocycles. The van der Waals surface area contributed by atoms with E-state index in [0.29, 0.717) is 0 Å². The molecule has 1 fully saturated rings. The molecule has 5 heteroatoms. The molecular formula is C21H36O4Si. The van der Waals surface area contributed by atoms with Crippen LogP contribution < -0.4 is 0 Å². The lowest BCUT2D eigenvalue weighted by Crippen LogP contribution is -2.52. The van der Waals surface area contributed by atoms with Gasteiger partial charge in [-0.15, -0.1) is 0 Å². The lowest BCUT2D eigenvalue weighted by molar-refractivity contribution is -0.458. The standard InChI is InChI=1S/C21H36O4Si/c1-8-26(9-2,10-3)25-23-20(5,6)19-16-17(4)21(7,24-22-19)18-14-12-11-13-15-18/h11-15,17,19H,8-10,16H2,1-7H3. The van der Waals surface area contributed by atoms with Crippen molar-refractivity contribution in [3.63, 3.8) is 0 Å². The van der Waals surface area contributed by atoms with Crippen molar-refractivity contribution in [3.05, 3.63) is 35.9 Å². The van der Waals surface area contributed by atoms with E-state index in [0.717, 1.165) is 30.1 Å². The first-order valence-corrected chi connectivity index (χ1v) is 12.5. The predicted molar refractivity (Wildman–Crippen MR) is 107 cm³/mol. The van der Waals surface area contributed by atoms with Crippen LogP contribution in [0.5, 0.6) is 0 Å². The van der Waals surface area contributed by atoms with Crippen molar-refractivity contribution in [3.8, 4) is 0 Å². The third-order valence-corrected chi connectivity index (χ3v) is 10.6. The zero-order valence-electron chi connectivity index (χ0n) is 17.5. The van der Waals surface area contributed by atoms with Crippen molar-refractivity contribution < 1.29 is 19.2 Å². The number of hydrogen-bond donors (Lipinski definition) is 0. The van der Waals surface area contributed by atoms with E-state index < -0.39 is 19.5 Å². The van der Waals surface area contributed by atoms with Crippen LogP contribution in [0.25, 0.3) is 0 Å². The van der Waals surface area contributed by atoms with Crippen LogP contribution in [0, 0.1) is 5.92 Å². The van der Waals surface area contributed by atoms with Gasteiger partial charge in [-0.25, -0.2) is 14.7 Å². The third kappa shape index (κ3) is 4.39. The maximum absolute atomic E-state index is 6.07. The minimum atomic E-state index is -1.81. The third-order valence-electron chi connectivity index (χ3n) is 6.33. The molecule has 4 nitrogen and oxygen atoms in total. The molecule has 0 N–H and O–H groups in total. The van der Waals surface area contributed by atoms with Crippen molar-refractivity contribution in [1.29, 1.82) is 0 Å². The van der Waals surface area contributed by atoms with Gasteiger partial charge in [0.1, 0.15) is 17.3 Å². The molecule has 1 aromatic rings. The summed E-state index contributed by atoms with van der Waals surface area (Å²) >= 11 is 0. The molecule has 26 heavy (non-hydrogen) atoms. The van der Waals surface area contributed by atoms with E-state index in [1.807, 2.05) is 32.0 Å². The minimum Gasteiger partial charge on any atom is -0.286 e. The molecule has 1 aliphatic rings. The van der Waals surface area contributed by atoms with Crippen LogP contribution in [0.1, 0.15) is 60.5 Å². The molecule has 0 bridgehead atoms. The summed E-state index contributed by atoms with van der Waals surface area (Å²) in [7, 11) is -1.81. The second kappa shape index (κ2) is 8.53. The van der Waals surface area contributed by atoms with Gasteiger partial charge in [0, 0.05) is 0 Å². The van der Waals surface area contributed by atoms with E-state index in [4.69, 9.17) is 19.2 Å². The van der Waals surface area contributed by atoms with Gasteiger partial charge in [0.15, 0.2) is 0 Å². The summed E-state index contributed by atoms with van der Waals surface area (Å²) in [4.78, 5) is 17.8. The van der Waals surface area contributed by atoms with E-state index in [1.54, 1.807) is 0 Å². The maximum atomic E-state index is 6.07. The van der Waals surface area contributed by atoms with Crippen molar-refractivity contribution in [2.75, 3.05) is 0 Å². The Morgan fingerprint density at radius 3 is 2.19 bits per heavy atom. The zero-order chi connectivity index (χ0) is 19.4. The molecule has 1 saturated heterocycles. The Labute approximate surface area is 160 Å². The summed E-state index contributed by atoms with van der Waals surface area (Å²) < 4.78 is 6.07. The second-order valence-corrected chi connectivity index (χ2v) is 12.9. The van der Waals surface area contributed by atoms with Gasteiger partial charge in [0.2, 0.25) is 8.32 Å². The van der Waals surface area contributed by atoms with E-state index in [1.165, 1.54) is 0 Å². The van der Waals surface area contributed by atoms with Gasteiger partial charge in [-0.2, -0.15) is 0 Å². The Kier molecular flexibility index (Phi) is 7.08. The van der Waals surface area contributed by atoms with E-state index >= 15 is 0 Å². The molecule has 0 amide bonds. The van der Waals surface area contributed by atoms with Gasteiger partial charge >= 0.3 is 0 Å². The first-order valence-electron chi connectivity index (χ1n) is 10.00. The summed E-state index contributed by atoms with van der Waals surface area (Å²) in [5.74, 6) is 0.289. The van der Waals surface area contributed by atoms with Gasteiger partial charge in [0.25, 0.3) is 0 Å². The molecule has 1 aliphatic heterocycles. The highest BCUT2D eigenvalue weighted by Crippen LogP contribution is 2.43. The monoisotopic (exact) mass is 380 g/mol. The van der Waals surface area contributed by atoms with Crippen LogP contribution in [-0.4, -0.2) is 20.0 Å². The van der Waals surface area contributed by atoms with Crippen LogP contribution >= 0.6 is 0 Å². The average molecular weight is 381 g/mol. The molecule has 3 atom stereocenters. The smallest absolute Gasteiger partial charge is 0.238 e. The Morgan fingerprint density at radius 1 is 1.12 bits per heavy atom. The van der Waals surface area contributed by atoms with Gasteiger partial charge in [0.05, 0.1) is 0 Å². The summed E-state index contributed by atoms with van der Waals surface area (Å²) in [5.41, 5.74) is 0.114. The predicted octanol–water partition coefficient (Wildman–Crippen LogP) is 5.99. The molecular weight excluding hydrogens is 344 g/mol. The molecule has 3 unspecified atom stereocenters. The average Bonchev–Trinajstić information content (AvgIpc) is 2.66. The van der Waals surface area contributed by atoms with Crippen LogP contribution in [0.3, 0.4) is 0 Å². The summed E-state index contributed by atoms with van der Waals surface area (Å²) in [6, 6.07) is 13.4. The Morgan fingerprint density at radius 2 is 1.69 bits per heavy atom. The Balaban J connectivity index is 2.05. The number of benzene rings is 1. The van der Waals surface area contributed by atoms with Crippen molar-refractivity contribution in [1.82, 2.24) is 0 Å². The van der Waals surface area contributed by atoms with Gasteiger partial charge in [-0.05, 0) is 56.8 Å². The largest absolute Gasteiger partial charge is 0.286 e. The van der Waals surface area contributed by atoms with Crippen molar-refractivity contribution in [2.24, 2.45) is 5.92 Å². The highest BCUT2D eigenvalue weighted by atomic mass is 28.4. The minimum absolute atomic E-state index is 0.174. The van der Waals surface area contributed by atoms with Crippen molar-refractivity contribution in [2.45, 2.75) is 90.3 Å². The molecule has 1 heterocycles. The van der Waals surface area contributed by atoms with E-state index in [9.17, 15) is 0 Å². The molecule has 2 rings (SSSR count). The Bertz CT molecular complexity index is 550. The van der Waals surface area contributed by atoms with Crippen LogP contribution in [-0.2, 0) is 24.8 Å². The molecule has 0 saturated carbocycles. The normalized spacial score (nSPS) is 27.5. The lowest BCUT2D eigenvalue weighted by atomic mass is 9.78. The molecule has 0 radical (unpaired) electrons. The van der Waals surface area contributed by atoms with E-state index in [-0.39, 0.29) is 12.0 Å². The molecule has 1 aromatic carbocycles. The van der Waals surface area contributed by atoms with Crippen LogP contribution in [0.2, 0.25) is 18.1 Å². The maximum Gasteiger partial charge on any atom is 0.238 e. The van der Waals surface area contributed by atoms with Gasteiger partial charge < -0.3 is 0 Å². The van der Waals surface area contributed by atoms with Crippen molar-refractivity contribution >= 4 is 8.32 Å². The Hall–Kier alpha value is -0.723. The number of rotatable bonds is 8. The second-order valence-electron chi connectivity index (χ2n) is 8.29. The summed E-state index contributed by atoms with van der Waals surface area (Å²) in [5, 5.41) is 0. The first kappa shape index (κ1) is 21.6. The van der Waals surface area contributed by atoms with Gasteiger partial charge in [-0.3, -0.25) is 4.58 Å². The fraction of sp³-hybridized carbons (Fsp3) is 0.714. The molecule has 148 valence electrons. The topological polar surface area (TPSA) is 36.9 Å². The van der Waals surface area contributed by atoms with Crippen LogP contribution in [0.4, 0.5) is 0 Å². The molecule has 0 spiro atoms. The van der Waals surface area contributed by atoms with E-state index in [2.05, 4.69) is 46.8 Å². The van der Waals surface area contributed by atoms with Gasteiger partial charge in [-0.1, -0.05) is 58.0 Å². The fourth-order valence-corrected chi connectivity index (χ4v) is 5.75. The molecule has 0 aromatic heterocycles. The highest BCUT2D eigenvalue weighted by molar-refractivity contribution is 6.73. The SMILES string of the molecule is CC[Si](CC)(CC)OOC(C)(C)C1CC(C)C(C)(c2ccccc2)OO1. The zero-order valence-corrected chi connectivity index (χ0v) is 18.5. The number of hydrogen-bond acceptors (Lipinski definition) is 4. The summed E-state index contributed by atoms with van der Waals surface area (Å²) in [6.07, 6.45) is 0.673. The summed E-state index contributed by atoms with van der Waals surface area (Å²) in [6.45, 7) is 15.0.